The van der Waals surface area contributed by atoms with Gasteiger partial charge < -0.3 is 14.5 Å². The summed E-state index contributed by atoms with van der Waals surface area (Å²) in [4.78, 5) is 15.7. The maximum Gasteiger partial charge on any atom is 0.259 e. The zero-order chi connectivity index (χ0) is 13.2. The highest BCUT2D eigenvalue weighted by atomic mass is 16.5. The lowest BCUT2D eigenvalue weighted by Crippen LogP contribution is -2.04. The van der Waals surface area contributed by atoms with Crippen molar-refractivity contribution >= 4 is 17.2 Å². The van der Waals surface area contributed by atoms with Crippen LogP contribution in [0.3, 0.4) is 0 Å². The molecule has 0 atom stereocenters. The van der Waals surface area contributed by atoms with Crippen molar-refractivity contribution in [2.45, 2.75) is 6.92 Å². The molecule has 2 heterocycles. The lowest BCUT2D eigenvalue weighted by Gasteiger charge is -2.02. The second kappa shape index (κ2) is 4.61. The van der Waals surface area contributed by atoms with Crippen molar-refractivity contribution in [1.29, 1.82) is 0 Å². The second-order valence-electron chi connectivity index (χ2n) is 4.07. The summed E-state index contributed by atoms with van der Waals surface area (Å²) in [6.45, 7) is 2.39. The van der Waals surface area contributed by atoms with E-state index in [2.05, 4.69) is 10.3 Å². The summed E-state index contributed by atoms with van der Waals surface area (Å²) in [6, 6.07) is 5.61. The highest BCUT2D eigenvalue weighted by molar-refractivity contribution is 6.31. The Morgan fingerprint density at radius 2 is 2.37 bits per heavy atom. The molecule has 0 aliphatic carbocycles. The first kappa shape index (κ1) is 11.5. The highest BCUT2D eigenvalue weighted by Crippen LogP contribution is 2.35. The Morgan fingerprint density at radius 3 is 3.11 bits per heavy atom. The van der Waals surface area contributed by atoms with E-state index in [1.165, 1.54) is 12.7 Å². The van der Waals surface area contributed by atoms with E-state index < -0.39 is 0 Å². The van der Waals surface area contributed by atoms with Crippen LogP contribution >= 0.6 is 0 Å². The summed E-state index contributed by atoms with van der Waals surface area (Å²) in [7, 11) is 0. The van der Waals surface area contributed by atoms with Gasteiger partial charge >= 0.3 is 0 Å². The number of nitrogens with zero attached hydrogens (tertiary/aromatic N) is 1. The summed E-state index contributed by atoms with van der Waals surface area (Å²) in [5, 5.41) is 2.80. The van der Waals surface area contributed by atoms with Crippen molar-refractivity contribution in [1.82, 2.24) is 4.98 Å². The molecule has 1 amide bonds. The van der Waals surface area contributed by atoms with Crippen LogP contribution in [-0.4, -0.2) is 17.5 Å². The van der Waals surface area contributed by atoms with E-state index in [1.807, 2.05) is 25.1 Å². The summed E-state index contributed by atoms with van der Waals surface area (Å²) in [5.41, 5.74) is 2.99. The molecule has 3 rings (SSSR count). The maximum atomic E-state index is 11.8. The maximum absolute atomic E-state index is 11.8. The number of rotatable bonds is 3. The number of hydrogen-bond acceptors (Lipinski definition) is 4. The van der Waals surface area contributed by atoms with Crippen molar-refractivity contribution in [2.75, 3.05) is 11.9 Å². The lowest BCUT2D eigenvalue weighted by atomic mass is 10.0. The van der Waals surface area contributed by atoms with E-state index in [1.54, 1.807) is 6.20 Å². The Hall–Kier alpha value is -2.56. The van der Waals surface area contributed by atoms with E-state index in [9.17, 15) is 4.79 Å². The predicted octanol–water partition coefficient (Wildman–Crippen LogP) is 2.67. The number of carbonyl (C=O) groups excluding carboxylic acids is 1. The van der Waals surface area contributed by atoms with Crippen molar-refractivity contribution in [3.63, 3.8) is 0 Å². The molecule has 19 heavy (non-hydrogen) atoms. The Labute approximate surface area is 109 Å². The normalized spacial score (nSPS) is 15.4. The van der Waals surface area contributed by atoms with Crippen molar-refractivity contribution in [3.05, 3.63) is 42.6 Å². The third kappa shape index (κ3) is 1.99. The molecule has 1 aliphatic rings. The molecular formula is C14H12N2O3. The number of oxazole rings is 1. The van der Waals surface area contributed by atoms with Crippen LogP contribution in [0.2, 0.25) is 0 Å². The fourth-order valence-electron chi connectivity index (χ4n) is 1.98. The zero-order valence-corrected chi connectivity index (χ0v) is 10.3. The number of aromatic nitrogens is 1. The van der Waals surface area contributed by atoms with E-state index in [0.29, 0.717) is 17.9 Å². The second-order valence-corrected chi connectivity index (χ2v) is 4.07. The van der Waals surface area contributed by atoms with Gasteiger partial charge in [-0.25, -0.2) is 4.98 Å². The van der Waals surface area contributed by atoms with Gasteiger partial charge in [0.05, 0.1) is 24.6 Å². The molecule has 0 bridgehead atoms. The van der Waals surface area contributed by atoms with Gasteiger partial charge in [0.25, 0.3) is 5.91 Å². The molecule has 0 saturated carbocycles. The topological polar surface area (TPSA) is 64.4 Å². The van der Waals surface area contributed by atoms with Crippen LogP contribution < -0.4 is 5.32 Å². The lowest BCUT2D eigenvalue weighted by molar-refractivity contribution is -0.110. The van der Waals surface area contributed by atoms with Crippen molar-refractivity contribution in [3.8, 4) is 11.3 Å². The number of nitrogens with one attached hydrogen (secondary N) is 1. The van der Waals surface area contributed by atoms with E-state index in [0.717, 1.165) is 16.8 Å². The molecular weight excluding hydrogens is 244 g/mol. The van der Waals surface area contributed by atoms with Crippen LogP contribution in [0.1, 0.15) is 12.5 Å². The minimum Gasteiger partial charge on any atom is -0.501 e. The molecule has 5 heteroatoms. The molecule has 1 aliphatic heterocycles. The number of benzene rings is 1. The van der Waals surface area contributed by atoms with Crippen LogP contribution in [0, 0.1) is 0 Å². The fraction of sp³-hybridized carbons (Fsp3) is 0.143. The standard InChI is InChI=1S/C14H12N2O3/c1-2-18-7-11-10-5-9(13-6-15-8-19-13)3-4-12(10)16-14(11)17/h3-8H,2H2,1H3,(H,16,17). The van der Waals surface area contributed by atoms with Crippen molar-refractivity contribution < 1.29 is 13.9 Å². The first-order valence-electron chi connectivity index (χ1n) is 5.96. The SMILES string of the molecule is CCOC=C1C(=O)Nc2ccc(-c3cnco3)cc21. The molecule has 5 nitrogen and oxygen atoms in total. The molecule has 0 saturated heterocycles. The minimum atomic E-state index is -0.154. The Kier molecular flexibility index (Phi) is 2.79. The van der Waals surface area contributed by atoms with Gasteiger partial charge in [-0.15, -0.1) is 0 Å². The summed E-state index contributed by atoms with van der Waals surface area (Å²) in [5.74, 6) is 0.510. The summed E-state index contributed by atoms with van der Waals surface area (Å²) >= 11 is 0. The van der Waals surface area contributed by atoms with Crippen LogP contribution in [0.5, 0.6) is 0 Å². The fourth-order valence-corrected chi connectivity index (χ4v) is 1.98. The average Bonchev–Trinajstić information content (AvgIpc) is 3.03. The quantitative estimate of drug-likeness (QED) is 0.677. The number of carbonyl (C=O) groups is 1. The third-order valence-corrected chi connectivity index (χ3v) is 2.89. The Bertz CT molecular complexity index is 645. The van der Waals surface area contributed by atoms with Gasteiger partial charge in [0.2, 0.25) is 0 Å². The van der Waals surface area contributed by atoms with E-state index >= 15 is 0 Å². The molecule has 2 aromatic rings. The number of fused-ring (bicyclic) bond motifs is 1. The number of anilines is 1. The van der Waals surface area contributed by atoms with Gasteiger partial charge in [0, 0.05) is 16.8 Å². The zero-order valence-electron chi connectivity index (χ0n) is 10.3. The number of ether oxygens (including phenoxy) is 1. The molecule has 0 radical (unpaired) electrons. The Morgan fingerprint density at radius 1 is 1.47 bits per heavy atom. The molecule has 0 spiro atoms. The first-order chi connectivity index (χ1) is 9.29. The Balaban J connectivity index is 2.05. The third-order valence-electron chi connectivity index (χ3n) is 2.89. The van der Waals surface area contributed by atoms with Gasteiger partial charge in [0.1, 0.15) is 0 Å². The van der Waals surface area contributed by atoms with E-state index in [4.69, 9.17) is 9.15 Å². The number of hydrogen-bond donors (Lipinski definition) is 1. The van der Waals surface area contributed by atoms with Gasteiger partial charge in [0.15, 0.2) is 12.2 Å². The molecule has 1 aromatic carbocycles. The van der Waals surface area contributed by atoms with Gasteiger partial charge in [-0.05, 0) is 25.1 Å². The van der Waals surface area contributed by atoms with Gasteiger partial charge in [-0.2, -0.15) is 0 Å². The summed E-state index contributed by atoms with van der Waals surface area (Å²) < 4.78 is 10.5. The molecule has 96 valence electrons. The van der Waals surface area contributed by atoms with Crippen LogP contribution in [0.25, 0.3) is 16.9 Å². The molecule has 0 unspecified atom stereocenters. The molecule has 1 aromatic heterocycles. The molecule has 0 fully saturated rings. The number of amides is 1. The minimum absolute atomic E-state index is 0.154. The highest BCUT2D eigenvalue weighted by Gasteiger charge is 2.25. The monoisotopic (exact) mass is 256 g/mol. The van der Waals surface area contributed by atoms with Crippen LogP contribution in [0.15, 0.2) is 41.5 Å². The smallest absolute Gasteiger partial charge is 0.259 e. The van der Waals surface area contributed by atoms with Gasteiger partial charge in [-0.1, -0.05) is 0 Å². The summed E-state index contributed by atoms with van der Waals surface area (Å²) in [6.07, 6.45) is 4.51. The average molecular weight is 256 g/mol. The molecule has 1 N–H and O–H groups in total. The largest absolute Gasteiger partial charge is 0.501 e. The van der Waals surface area contributed by atoms with Crippen LogP contribution in [0.4, 0.5) is 5.69 Å². The first-order valence-corrected chi connectivity index (χ1v) is 5.96. The van der Waals surface area contributed by atoms with Gasteiger partial charge in [-0.3, -0.25) is 4.79 Å². The van der Waals surface area contributed by atoms with Crippen LogP contribution in [-0.2, 0) is 9.53 Å². The predicted molar refractivity (Wildman–Crippen MR) is 70.2 cm³/mol. The van der Waals surface area contributed by atoms with Crippen molar-refractivity contribution in [2.24, 2.45) is 0 Å². The van der Waals surface area contributed by atoms with E-state index in [-0.39, 0.29) is 5.91 Å².